The average Bonchev–Trinajstić information content (AvgIpc) is 2.63. The molecule has 3 rings (SSSR count). The van der Waals surface area contributed by atoms with Crippen LogP contribution in [0.15, 0.2) is 24.4 Å². The fourth-order valence-corrected chi connectivity index (χ4v) is 4.85. The van der Waals surface area contributed by atoms with Gasteiger partial charge in [-0.15, -0.1) is 0 Å². The SMILES string of the molecule is Cc1nc(Cl)ncc1C(=O)NC1C(C)(C)C(Oc2ccc(C#N)c(Cl)c2)C1(C)C. The maximum absolute atomic E-state index is 12.8. The van der Waals surface area contributed by atoms with Crippen molar-refractivity contribution in [2.24, 2.45) is 10.8 Å². The first-order chi connectivity index (χ1) is 13.5. The minimum Gasteiger partial charge on any atom is -0.489 e. The lowest BCUT2D eigenvalue weighted by molar-refractivity contribution is -0.164. The number of nitrogens with one attached hydrogen (secondary N) is 1. The van der Waals surface area contributed by atoms with Crippen molar-refractivity contribution in [1.29, 1.82) is 5.26 Å². The zero-order valence-corrected chi connectivity index (χ0v) is 18.4. The van der Waals surface area contributed by atoms with E-state index in [-0.39, 0.29) is 34.2 Å². The van der Waals surface area contributed by atoms with E-state index in [9.17, 15) is 4.79 Å². The summed E-state index contributed by atoms with van der Waals surface area (Å²) in [5, 5.41) is 12.6. The predicted octanol–water partition coefficient (Wildman–Crippen LogP) is 4.58. The molecule has 0 bridgehead atoms. The van der Waals surface area contributed by atoms with Gasteiger partial charge in [0, 0.05) is 29.1 Å². The van der Waals surface area contributed by atoms with Gasteiger partial charge in [0.1, 0.15) is 17.9 Å². The van der Waals surface area contributed by atoms with Crippen molar-refractivity contribution in [3.63, 3.8) is 0 Å². The summed E-state index contributed by atoms with van der Waals surface area (Å²) in [6.45, 7) is 9.91. The quantitative estimate of drug-likeness (QED) is 0.714. The van der Waals surface area contributed by atoms with Gasteiger partial charge in [0.05, 0.1) is 21.8 Å². The molecule has 1 heterocycles. The Labute approximate surface area is 180 Å². The summed E-state index contributed by atoms with van der Waals surface area (Å²) in [5.74, 6) is 0.344. The van der Waals surface area contributed by atoms with Gasteiger partial charge in [-0.2, -0.15) is 5.26 Å². The first kappa shape index (κ1) is 21.4. The second-order valence-electron chi connectivity index (χ2n) is 8.44. The number of benzene rings is 1. The predicted molar refractivity (Wildman–Crippen MR) is 111 cm³/mol. The molecule has 0 saturated heterocycles. The molecule has 8 heteroatoms. The average molecular weight is 433 g/mol. The standard InChI is InChI=1S/C21H22Cl2N4O2/c1-11-14(10-25-19(23)26-11)16(28)27-17-20(2,3)18(21(17,4)5)29-13-7-6-12(9-24)15(22)8-13/h6-8,10,17-18H,1-5H3,(H,27,28). The number of amides is 1. The number of aromatic nitrogens is 2. The van der Waals surface area contributed by atoms with E-state index in [1.54, 1.807) is 25.1 Å². The monoisotopic (exact) mass is 432 g/mol. The molecule has 152 valence electrons. The number of carbonyl (C=O) groups is 1. The summed E-state index contributed by atoms with van der Waals surface area (Å²) in [7, 11) is 0. The van der Waals surface area contributed by atoms with E-state index in [0.29, 0.717) is 27.6 Å². The van der Waals surface area contributed by atoms with E-state index < -0.39 is 0 Å². The third-order valence-corrected chi connectivity index (χ3v) is 6.12. The second kappa shape index (κ2) is 7.47. The number of hydrogen-bond acceptors (Lipinski definition) is 5. The van der Waals surface area contributed by atoms with E-state index in [2.05, 4.69) is 15.3 Å². The largest absolute Gasteiger partial charge is 0.489 e. The molecule has 1 aliphatic rings. The highest BCUT2D eigenvalue weighted by molar-refractivity contribution is 6.31. The molecular formula is C21H22Cl2N4O2. The number of carbonyl (C=O) groups excluding carboxylic acids is 1. The van der Waals surface area contributed by atoms with Crippen molar-refractivity contribution in [2.75, 3.05) is 0 Å². The molecule has 1 fully saturated rings. The molecule has 1 amide bonds. The van der Waals surface area contributed by atoms with E-state index in [1.807, 2.05) is 33.8 Å². The van der Waals surface area contributed by atoms with Crippen molar-refractivity contribution < 1.29 is 9.53 Å². The molecule has 1 aromatic carbocycles. The van der Waals surface area contributed by atoms with Gasteiger partial charge in [0.2, 0.25) is 5.28 Å². The molecule has 1 N–H and O–H groups in total. The Balaban J connectivity index is 1.78. The first-order valence-electron chi connectivity index (χ1n) is 9.14. The number of halogens is 2. The first-order valence-corrected chi connectivity index (χ1v) is 9.90. The number of aryl methyl sites for hydroxylation is 1. The molecule has 0 spiro atoms. The third kappa shape index (κ3) is 3.77. The Morgan fingerprint density at radius 3 is 2.45 bits per heavy atom. The molecule has 0 atom stereocenters. The molecule has 1 aromatic heterocycles. The van der Waals surface area contributed by atoms with Crippen LogP contribution in [0.2, 0.25) is 10.3 Å². The fraction of sp³-hybridized carbons (Fsp3) is 0.429. The zero-order chi connectivity index (χ0) is 21.6. The zero-order valence-electron chi connectivity index (χ0n) is 16.9. The van der Waals surface area contributed by atoms with Gasteiger partial charge >= 0.3 is 0 Å². The summed E-state index contributed by atoms with van der Waals surface area (Å²) >= 11 is 11.9. The Morgan fingerprint density at radius 2 is 1.90 bits per heavy atom. The Bertz CT molecular complexity index is 998. The molecule has 2 aromatic rings. The highest BCUT2D eigenvalue weighted by atomic mass is 35.5. The maximum atomic E-state index is 12.8. The van der Waals surface area contributed by atoms with Crippen LogP contribution in [0, 0.1) is 29.1 Å². The summed E-state index contributed by atoms with van der Waals surface area (Å²) < 4.78 is 6.23. The number of nitrogens with zero attached hydrogens (tertiary/aromatic N) is 3. The van der Waals surface area contributed by atoms with E-state index in [4.69, 9.17) is 33.2 Å². The minimum atomic E-state index is -0.347. The highest BCUT2D eigenvalue weighted by Crippen LogP contribution is 2.55. The Hall–Kier alpha value is -2.36. The van der Waals surface area contributed by atoms with Crippen molar-refractivity contribution in [3.05, 3.63) is 51.5 Å². The summed E-state index contributed by atoms with van der Waals surface area (Å²) in [6, 6.07) is 6.91. The molecule has 29 heavy (non-hydrogen) atoms. The molecular weight excluding hydrogens is 411 g/mol. The summed E-state index contributed by atoms with van der Waals surface area (Å²) in [6.07, 6.45) is 1.26. The molecule has 6 nitrogen and oxygen atoms in total. The molecule has 1 aliphatic carbocycles. The van der Waals surface area contributed by atoms with Gasteiger partial charge in [-0.1, -0.05) is 39.3 Å². The van der Waals surface area contributed by atoms with Crippen LogP contribution in [-0.2, 0) is 0 Å². The summed E-state index contributed by atoms with van der Waals surface area (Å²) in [4.78, 5) is 20.8. The third-order valence-electron chi connectivity index (χ3n) is 5.62. The van der Waals surface area contributed by atoms with Gasteiger partial charge < -0.3 is 10.1 Å². The molecule has 0 radical (unpaired) electrons. The van der Waals surface area contributed by atoms with Gasteiger partial charge in [-0.05, 0) is 30.7 Å². The van der Waals surface area contributed by atoms with Crippen LogP contribution in [0.1, 0.15) is 49.3 Å². The number of ether oxygens (including phenoxy) is 1. The lowest BCUT2D eigenvalue weighted by Crippen LogP contribution is -2.74. The highest BCUT2D eigenvalue weighted by Gasteiger charge is 2.64. The lowest BCUT2D eigenvalue weighted by Gasteiger charge is -2.63. The second-order valence-corrected chi connectivity index (χ2v) is 9.18. The normalized spacial score (nSPS) is 21.6. The topological polar surface area (TPSA) is 87.9 Å². The van der Waals surface area contributed by atoms with Crippen LogP contribution in [0.3, 0.4) is 0 Å². The van der Waals surface area contributed by atoms with Crippen molar-refractivity contribution in [2.45, 2.75) is 46.8 Å². The van der Waals surface area contributed by atoms with Crippen LogP contribution in [0.5, 0.6) is 5.75 Å². The number of nitriles is 1. The van der Waals surface area contributed by atoms with E-state index in [1.165, 1.54) is 6.20 Å². The van der Waals surface area contributed by atoms with Crippen molar-refractivity contribution in [1.82, 2.24) is 15.3 Å². The Morgan fingerprint density at radius 1 is 1.24 bits per heavy atom. The van der Waals surface area contributed by atoms with Crippen LogP contribution in [0.25, 0.3) is 0 Å². The van der Waals surface area contributed by atoms with Crippen molar-refractivity contribution in [3.8, 4) is 11.8 Å². The summed E-state index contributed by atoms with van der Waals surface area (Å²) in [5.41, 5.74) is 0.625. The van der Waals surface area contributed by atoms with Crippen LogP contribution < -0.4 is 10.1 Å². The molecule has 1 saturated carbocycles. The maximum Gasteiger partial charge on any atom is 0.254 e. The number of rotatable bonds is 4. The fourth-order valence-electron chi connectivity index (χ4n) is 4.47. The smallest absolute Gasteiger partial charge is 0.254 e. The van der Waals surface area contributed by atoms with Gasteiger partial charge in [0.25, 0.3) is 5.91 Å². The minimum absolute atomic E-state index is 0.109. The van der Waals surface area contributed by atoms with E-state index >= 15 is 0 Å². The molecule has 0 aliphatic heterocycles. The number of hydrogen-bond donors (Lipinski definition) is 1. The van der Waals surface area contributed by atoms with Crippen LogP contribution in [0.4, 0.5) is 0 Å². The van der Waals surface area contributed by atoms with Gasteiger partial charge in [-0.3, -0.25) is 4.79 Å². The van der Waals surface area contributed by atoms with Crippen LogP contribution in [-0.4, -0.2) is 28.0 Å². The van der Waals surface area contributed by atoms with Crippen LogP contribution >= 0.6 is 23.2 Å². The van der Waals surface area contributed by atoms with Crippen molar-refractivity contribution >= 4 is 29.1 Å². The van der Waals surface area contributed by atoms with Gasteiger partial charge in [-0.25, -0.2) is 9.97 Å². The Kier molecular flexibility index (Phi) is 5.50. The molecule has 0 unspecified atom stereocenters. The lowest BCUT2D eigenvalue weighted by atomic mass is 9.49. The van der Waals surface area contributed by atoms with Gasteiger partial charge in [0.15, 0.2) is 0 Å². The van der Waals surface area contributed by atoms with E-state index in [0.717, 1.165) is 0 Å².